The molecular formula is C22H30N4O2. The minimum atomic E-state index is -0.188. The molecule has 0 aliphatic carbocycles. The van der Waals surface area contributed by atoms with Gasteiger partial charge >= 0.3 is 0 Å². The van der Waals surface area contributed by atoms with Gasteiger partial charge in [0.05, 0.1) is 11.9 Å². The van der Waals surface area contributed by atoms with E-state index in [1.807, 2.05) is 39.0 Å². The standard InChI is InChI=1S/C22H30N4O2/c1-15(2)8-10-26(22(28)20-14-23-18(5)13-24-20)11-9-21(27)25-19-7-6-16(3)17(4)12-19/h6-7,12-15H,8-11H2,1-5H3,(H,25,27). The number of hydrogen-bond acceptors (Lipinski definition) is 4. The second-order valence-corrected chi connectivity index (χ2v) is 7.61. The number of aromatic nitrogens is 2. The number of nitrogens with zero attached hydrogens (tertiary/aromatic N) is 3. The van der Waals surface area contributed by atoms with Crippen molar-refractivity contribution in [3.8, 4) is 0 Å². The molecule has 0 saturated carbocycles. The zero-order chi connectivity index (χ0) is 20.7. The molecule has 2 aromatic rings. The SMILES string of the molecule is Cc1cnc(C(=O)N(CCC(=O)Nc2ccc(C)c(C)c2)CCC(C)C)cn1. The Balaban J connectivity index is 2.00. The van der Waals surface area contributed by atoms with Crippen molar-refractivity contribution in [2.24, 2.45) is 5.92 Å². The van der Waals surface area contributed by atoms with Crippen molar-refractivity contribution in [2.45, 2.75) is 47.5 Å². The van der Waals surface area contributed by atoms with Crippen LogP contribution in [0.2, 0.25) is 0 Å². The van der Waals surface area contributed by atoms with Crippen molar-refractivity contribution >= 4 is 17.5 Å². The summed E-state index contributed by atoms with van der Waals surface area (Å²) in [7, 11) is 0. The highest BCUT2D eigenvalue weighted by Crippen LogP contribution is 2.15. The van der Waals surface area contributed by atoms with E-state index in [4.69, 9.17) is 0 Å². The van der Waals surface area contributed by atoms with Crippen LogP contribution in [-0.4, -0.2) is 39.8 Å². The highest BCUT2D eigenvalue weighted by Gasteiger charge is 2.19. The Labute approximate surface area is 167 Å². The summed E-state index contributed by atoms with van der Waals surface area (Å²) in [6, 6.07) is 5.83. The number of anilines is 1. The van der Waals surface area contributed by atoms with Crippen molar-refractivity contribution in [3.05, 3.63) is 53.1 Å². The monoisotopic (exact) mass is 382 g/mol. The van der Waals surface area contributed by atoms with E-state index >= 15 is 0 Å². The lowest BCUT2D eigenvalue weighted by Gasteiger charge is -2.23. The molecule has 0 bridgehead atoms. The zero-order valence-electron chi connectivity index (χ0n) is 17.5. The summed E-state index contributed by atoms with van der Waals surface area (Å²) in [4.78, 5) is 35.2. The van der Waals surface area contributed by atoms with E-state index in [1.165, 1.54) is 11.8 Å². The molecule has 0 fully saturated rings. The Kier molecular flexibility index (Phi) is 7.67. The van der Waals surface area contributed by atoms with Crippen molar-refractivity contribution in [2.75, 3.05) is 18.4 Å². The summed E-state index contributed by atoms with van der Waals surface area (Å²) in [5, 5.41) is 2.91. The molecule has 1 aromatic heterocycles. The summed E-state index contributed by atoms with van der Waals surface area (Å²) < 4.78 is 0. The van der Waals surface area contributed by atoms with Crippen LogP contribution in [0.1, 0.15) is 54.0 Å². The maximum atomic E-state index is 12.8. The van der Waals surface area contributed by atoms with E-state index in [0.717, 1.165) is 23.4 Å². The molecule has 2 amide bonds. The second kappa shape index (κ2) is 9.97. The molecule has 0 aliphatic heterocycles. The van der Waals surface area contributed by atoms with Gasteiger partial charge in [0.25, 0.3) is 5.91 Å². The van der Waals surface area contributed by atoms with Crippen molar-refractivity contribution in [1.82, 2.24) is 14.9 Å². The molecule has 6 heteroatoms. The van der Waals surface area contributed by atoms with Gasteiger partial charge in [-0.3, -0.25) is 14.6 Å². The highest BCUT2D eigenvalue weighted by atomic mass is 16.2. The summed E-state index contributed by atoms with van der Waals surface area (Å²) in [5.74, 6) is 0.163. The van der Waals surface area contributed by atoms with E-state index < -0.39 is 0 Å². The van der Waals surface area contributed by atoms with Crippen LogP contribution in [0.4, 0.5) is 5.69 Å². The first-order valence-corrected chi connectivity index (χ1v) is 9.71. The van der Waals surface area contributed by atoms with E-state index in [2.05, 4.69) is 29.1 Å². The molecule has 1 aromatic carbocycles. The van der Waals surface area contributed by atoms with Crippen molar-refractivity contribution < 1.29 is 9.59 Å². The molecule has 0 radical (unpaired) electrons. The van der Waals surface area contributed by atoms with Crippen LogP contribution in [0.5, 0.6) is 0 Å². The molecule has 0 atom stereocenters. The number of aryl methyl sites for hydroxylation is 3. The van der Waals surface area contributed by atoms with Gasteiger partial charge in [0.1, 0.15) is 5.69 Å². The third-order valence-corrected chi connectivity index (χ3v) is 4.66. The number of benzene rings is 1. The molecular weight excluding hydrogens is 352 g/mol. The fraction of sp³-hybridized carbons (Fsp3) is 0.455. The van der Waals surface area contributed by atoms with Crippen LogP contribution in [0.3, 0.4) is 0 Å². The molecule has 2 rings (SSSR count). The maximum Gasteiger partial charge on any atom is 0.274 e. The second-order valence-electron chi connectivity index (χ2n) is 7.61. The van der Waals surface area contributed by atoms with Crippen molar-refractivity contribution in [3.63, 3.8) is 0 Å². The average molecular weight is 383 g/mol. The van der Waals surface area contributed by atoms with Gasteiger partial charge in [0.15, 0.2) is 0 Å². The fourth-order valence-corrected chi connectivity index (χ4v) is 2.67. The molecule has 1 N–H and O–H groups in total. The van der Waals surface area contributed by atoms with Crippen LogP contribution < -0.4 is 5.32 Å². The number of hydrogen-bond donors (Lipinski definition) is 1. The van der Waals surface area contributed by atoms with Crippen LogP contribution in [0.15, 0.2) is 30.6 Å². The van der Waals surface area contributed by atoms with Crippen LogP contribution in [0, 0.1) is 26.7 Å². The van der Waals surface area contributed by atoms with Gasteiger partial charge in [-0.25, -0.2) is 4.98 Å². The van der Waals surface area contributed by atoms with Gasteiger partial charge in [-0.15, -0.1) is 0 Å². The quantitative estimate of drug-likeness (QED) is 0.751. The maximum absolute atomic E-state index is 12.8. The number of carbonyl (C=O) groups is 2. The van der Waals surface area contributed by atoms with E-state index in [9.17, 15) is 9.59 Å². The first-order valence-electron chi connectivity index (χ1n) is 9.71. The molecule has 0 spiro atoms. The number of amides is 2. The fourth-order valence-electron chi connectivity index (χ4n) is 2.67. The number of rotatable bonds is 8. The predicted octanol–water partition coefficient (Wildman–Crippen LogP) is 3.92. The summed E-state index contributed by atoms with van der Waals surface area (Å²) >= 11 is 0. The Morgan fingerprint density at radius 2 is 1.79 bits per heavy atom. The normalized spacial score (nSPS) is 10.8. The Hall–Kier alpha value is -2.76. The molecule has 0 saturated heterocycles. The van der Waals surface area contributed by atoms with Crippen LogP contribution in [-0.2, 0) is 4.79 Å². The lowest BCUT2D eigenvalue weighted by atomic mass is 10.1. The van der Waals surface area contributed by atoms with Gasteiger partial charge in [-0.2, -0.15) is 0 Å². The molecule has 28 heavy (non-hydrogen) atoms. The minimum Gasteiger partial charge on any atom is -0.337 e. The van der Waals surface area contributed by atoms with Gasteiger partial charge in [0.2, 0.25) is 5.91 Å². The largest absolute Gasteiger partial charge is 0.337 e. The third-order valence-electron chi connectivity index (χ3n) is 4.66. The Morgan fingerprint density at radius 3 is 2.39 bits per heavy atom. The first-order chi connectivity index (χ1) is 13.3. The Morgan fingerprint density at radius 1 is 1.04 bits per heavy atom. The van der Waals surface area contributed by atoms with Gasteiger partial charge in [0, 0.05) is 31.4 Å². The molecule has 6 nitrogen and oxygen atoms in total. The predicted molar refractivity (Wildman–Crippen MR) is 111 cm³/mol. The minimum absolute atomic E-state index is 0.111. The average Bonchev–Trinajstić information content (AvgIpc) is 2.64. The van der Waals surface area contributed by atoms with Crippen LogP contribution >= 0.6 is 0 Å². The van der Waals surface area contributed by atoms with E-state index in [-0.39, 0.29) is 18.2 Å². The molecule has 0 aliphatic rings. The van der Waals surface area contributed by atoms with E-state index in [1.54, 1.807) is 11.1 Å². The lowest BCUT2D eigenvalue weighted by molar-refractivity contribution is -0.116. The summed E-state index contributed by atoms with van der Waals surface area (Å²) in [5.41, 5.74) is 4.16. The van der Waals surface area contributed by atoms with E-state index in [0.29, 0.717) is 24.7 Å². The molecule has 150 valence electrons. The van der Waals surface area contributed by atoms with Crippen LogP contribution in [0.25, 0.3) is 0 Å². The van der Waals surface area contributed by atoms with Gasteiger partial charge in [-0.05, 0) is 56.4 Å². The van der Waals surface area contributed by atoms with Crippen molar-refractivity contribution in [1.29, 1.82) is 0 Å². The highest BCUT2D eigenvalue weighted by molar-refractivity contribution is 5.93. The Bertz CT molecular complexity index is 816. The molecule has 1 heterocycles. The number of nitrogens with one attached hydrogen (secondary N) is 1. The topological polar surface area (TPSA) is 75.2 Å². The molecule has 0 unspecified atom stereocenters. The van der Waals surface area contributed by atoms with Gasteiger partial charge < -0.3 is 10.2 Å². The number of carbonyl (C=O) groups excluding carboxylic acids is 2. The summed E-state index contributed by atoms with van der Waals surface area (Å²) in [6.07, 6.45) is 4.18. The van der Waals surface area contributed by atoms with Gasteiger partial charge in [-0.1, -0.05) is 19.9 Å². The lowest BCUT2D eigenvalue weighted by Crippen LogP contribution is -2.35. The zero-order valence-corrected chi connectivity index (χ0v) is 17.5. The first kappa shape index (κ1) is 21.5. The smallest absolute Gasteiger partial charge is 0.274 e. The summed E-state index contributed by atoms with van der Waals surface area (Å²) in [6.45, 7) is 11.0. The third kappa shape index (κ3) is 6.44.